The molecular weight excluding hydrogens is 351 g/mol. The zero-order valence-electron chi connectivity index (χ0n) is 12.6. The lowest BCUT2D eigenvalue weighted by Crippen LogP contribution is -2.14. The van der Waals surface area contributed by atoms with Crippen LogP contribution in [-0.4, -0.2) is 16.9 Å². The van der Waals surface area contributed by atoms with Gasteiger partial charge in [-0.1, -0.05) is 29.3 Å². The molecule has 0 unspecified atom stereocenters. The summed E-state index contributed by atoms with van der Waals surface area (Å²) in [6.45, 7) is -0.0864. The normalized spacial score (nSPS) is 13.4. The fourth-order valence-corrected chi connectivity index (χ4v) is 2.41. The predicted octanol–water partition coefficient (Wildman–Crippen LogP) is 4.09. The molecule has 0 radical (unpaired) electrons. The zero-order chi connectivity index (χ0) is 17.1. The number of aromatic nitrogens is 1. The van der Waals surface area contributed by atoms with Crippen molar-refractivity contribution in [1.82, 2.24) is 4.98 Å². The van der Waals surface area contributed by atoms with Gasteiger partial charge in [0.25, 0.3) is 0 Å². The smallest absolute Gasteiger partial charge is 0.338 e. The Balaban J connectivity index is 1.64. The monoisotopic (exact) mass is 364 g/mol. The second-order valence-corrected chi connectivity index (χ2v) is 6.28. The van der Waals surface area contributed by atoms with Gasteiger partial charge in [-0.25, -0.2) is 9.78 Å². The van der Waals surface area contributed by atoms with Crippen molar-refractivity contribution in [3.8, 4) is 0 Å². The Bertz CT molecular complexity index is 791. The molecule has 0 saturated heterocycles. The maximum Gasteiger partial charge on any atom is 0.338 e. The molecule has 1 saturated carbocycles. The summed E-state index contributed by atoms with van der Waals surface area (Å²) in [7, 11) is 0. The third-order valence-corrected chi connectivity index (χ3v) is 4.09. The molecule has 1 aromatic heterocycles. The molecule has 5 nitrogen and oxygen atoms in total. The first-order chi connectivity index (χ1) is 11.5. The Hall–Kier alpha value is -2.11. The number of nitrogens with one attached hydrogen (secondary N) is 1. The first-order valence-electron chi connectivity index (χ1n) is 7.42. The van der Waals surface area contributed by atoms with Gasteiger partial charge < -0.3 is 10.1 Å². The number of amides is 1. The number of benzene rings is 1. The van der Waals surface area contributed by atoms with Crippen LogP contribution < -0.4 is 5.32 Å². The van der Waals surface area contributed by atoms with Crippen molar-refractivity contribution in [2.45, 2.75) is 19.4 Å². The molecule has 0 aliphatic heterocycles. The number of carbonyl (C=O) groups excluding carboxylic acids is 2. The molecule has 1 aromatic carbocycles. The van der Waals surface area contributed by atoms with E-state index in [4.69, 9.17) is 27.9 Å². The van der Waals surface area contributed by atoms with Crippen LogP contribution in [0.5, 0.6) is 0 Å². The number of pyridine rings is 1. The van der Waals surface area contributed by atoms with Gasteiger partial charge in [0.05, 0.1) is 16.3 Å². The maximum absolute atomic E-state index is 12.2. The van der Waals surface area contributed by atoms with Crippen molar-refractivity contribution in [2.24, 2.45) is 5.92 Å². The topological polar surface area (TPSA) is 68.3 Å². The fraction of sp³-hybridized carbons (Fsp3) is 0.235. The molecule has 1 aliphatic carbocycles. The van der Waals surface area contributed by atoms with E-state index in [1.54, 1.807) is 36.4 Å². The summed E-state index contributed by atoms with van der Waals surface area (Å²) in [4.78, 5) is 28.0. The van der Waals surface area contributed by atoms with E-state index in [-0.39, 0.29) is 23.6 Å². The average molecular weight is 365 g/mol. The van der Waals surface area contributed by atoms with Crippen LogP contribution in [0.25, 0.3) is 0 Å². The van der Waals surface area contributed by atoms with E-state index < -0.39 is 5.97 Å². The van der Waals surface area contributed by atoms with Crippen molar-refractivity contribution in [3.05, 3.63) is 57.8 Å². The summed E-state index contributed by atoms with van der Waals surface area (Å²) < 4.78 is 5.21. The molecular formula is C17H14Cl2N2O3. The highest BCUT2D eigenvalue weighted by atomic mass is 35.5. The standard InChI is InChI=1S/C17H14Cl2N2O3/c18-13-6-7-15(19)21-14(13)9-24-17(23)11-2-1-3-12(8-11)20-16(22)10-4-5-10/h1-3,6-8,10H,4-5,9H2,(H,20,22). The van der Waals surface area contributed by atoms with Crippen molar-refractivity contribution < 1.29 is 14.3 Å². The minimum Gasteiger partial charge on any atom is -0.456 e. The van der Waals surface area contributed by atoms with Gasteiger partial charge in [0.1, 0.15) is 11.8 Å². The van der Waals surface area contributed by atoms with Crippen molar-refractivity contribution in [2.75, 3.05) is 5.32 Å². The quantitative estimate of drug-likeness (QED) is 0.640. The summed E-state index contributed by atoms with van der Waals surface area (Å²) in [6, 6.07) is 9.75. The molecule has 7 heteroatoms. The summed E-state index contributed by atoms with van der Waals surface area (Å²) in [5, 5.41) is 3.44. The molecule has 1 aliphatic rings. The summed E-state index contributed by atoms with van der Waals surface area (Å²) in [5.74, 6) is -0.456. The Kier molecular flexibility index (Phi) is 5.02. The van der Waals surface area contributed by atoms with E-state index in [9.17, 15) is 9.59 Å². The number of halogens is 2. The fourth-order valence-electron chi connectivity index (χ4n) is 2.09. The van der Waals surface area contributed by atoms with Crippen LogP contribution in [0.3, 0.4) is 0 Å². The van der Waals surface area contributed by atoms with E-state index in [1.807, 2.05) is 0 Å². The Morgan fingerprint density at radius 2 is 2.00 bits per heavy atom. The van der Waals surface area contributed by atoms with Gasteiger partial charge in [-0.2, -0.15) is 0 Å². The van der Waals surface area contributed by atoms with Crippen LogP contribution in [0, 0.1) is 5.92 Å². The molecule has 1 N–H and O–H groups in total. The van der Waals surface area contributed by atoms with Gasteiger partial charge in [-0.05, 0) is 43.2 Å². The van der Waals surface area contributed by atoms with Gasteiger partial charge in [0.2, 0.25) is 5.91 Å². The molecule has 0 spiro atoms. The number of esters is 1. The second-order valence-electron chi connectivity index (χ2n) is 5.48. The number of hydrogen-bond donors (Lipinski definition) is 1. The molecule has 2 aromatic rings. The summed E-state index contributed by atoms with van der Waals surface area (Å²) >= 11 is 11.8. The minimum absolute atomic E-state index is 0.0181. The Morgan fingerprint density at radius 1 is 1.21 bits per heavy atom. The van der Waals surface area contributed by atoms with Crippen LogP contribution in [0.15, 0.2) is 36.4 Å². The van der Waals surface area contributed by atoms with E-state index in [0.717, 1.165) is 12.8 Å². The molecule has 0 bridgehead atoms. The molecule has 24 heavy (non-hydrogen) atoms. The van der Waals surface area contributed by atoms with Crippen molar-refractivity contribution in [3.63, 3.8) is 0 Å². The van der Waals surface area contributed by atoms with E-state index in [1.165, 1.54) is 0 Å². The maximum atomic E-state index is 12.2. The van der Waals surface area contributed by atoms with Gasteiger partial charge in [-0.3, -0.25) is 4.79 Å². The lowest BCUT2D eigenvalue weighted by atomic mass is 10.2. The molecule has 1 fully saturated rings. The average Bonchev–Trinajstić information content (AvgIpc) is 3.40. The third kappa shape index (κ3) is 4.24. The van der Waals surface area contributed by atoms with E-state index >= 15 is 0 Å². The van der Waals surface area contributed by atoms with E-state index in [2.05, 4.69) is 10.3 Å². The van der Waals surface area contributed by atoms with Crippen molar-refractivity contribution >= 4 is 40.8 Å². The molecule has 3 rings (SSSR count). The van der Waals surface area contributed by atoms with Gasteiger partial charge in [-0.15, -0.1) is 0 Å². The Morgan fingerprint density at radius 3 is 2.75 bits per heavy atom. The van der Waals surface area contributed by atoms with Crippen LogP contribution >= 0.6 is 23.2 Å². The summed E-state index contributed by atoms with van der Waals surface area (Å²) in [6.07, 6.45) is 1.84. The molecule has 1 amide bonds. The number of nitrogens with zero attached hydrogens (tertiary/aromatic N) is 1. The number of ether oxygens (including phenoxy) is 1. The highest BCUT2D eigenvalue weighted by Gasteiger charge is 2.29. The number of anilines is 1. The highest BCUT2D eigenvalue weighted by Crippen LogP contribution is 2.30. The molecule has 0 atom stereocenters. The van der Waals surface area contributed by atoms with Crippen LogP contribution in [0.4, 0.5) is 5.69 Å². The number of hydrogen-bond acceptors (Lipinski definition) is 4. The SMILES string of the molecule is O=C(OCc1nc(Cl)ccc1Cl)c1cccc(NC(=O)C2CC2)c1. The first-order valence-corrected chi connectivity index (χ1v) is 8.17. The molecule has 124 valence electrons. The largest absolute Gasteiger partial charge is 0.456 e. The van der Waals surface area contributed by atoms with Crippen LogP contribution in [0.2, 0.25) is 10.2 Å². The number of carbonyl (C=O) groups is 2. The van der Waals surface area contributed by atoms with Crippen LogP contribution in [0.1, 0.15) is 28.9 Å². The predicted molar refractivity (Wildman–Crippen MR) is 91.2 cm³/mol. The number of rotatable bonds is 5. The van der Waals surface area contributed by atoms with Gasteiger partial charge >= 0.3 is 5.97 Å². The second kappa shape index (κ2) is 7.20. The molecule has 1 heterocycles. The van der Waals surface area contributed by atoms with Crippen LogP contribution in [-0.2, 0) is 16.1 Å². The first kappa shape index (κ1) is 16.7. The van der Waals surface area contributed by atoms with Gasteiger partial charge in [0.15, 0.2) is 0 Å². The van der Waals surface area contributed by atoms with Crippen molar-refractivity contribution in [1.29, 1.82) is 0 Å². The highest BCUT2D eigenvalue weighted by molar-refractivity contribution is 6.32. The Labute approximate surface area is 148 Å². The zero-order valence-corrected chi connectivity index (χ0v) is 14.1. The van der Waals surface area contributed by atoms with Gasteiger partial charge in [0, 0.05) is 11.6 Å². The lowest BCUT2D eigenvalue weighted by Gasteiger charge is -2.08. The minimum atomic E-state index is -0.532. The summed E-state index contributed by atoms with van der Waals surface area (Å²) in [5.41, 5.74) is 1.29. The lowest BCUT2D eigenvalue weighted by molar-refractivity contribution is -0.117. The third-order valence-electron chi connectivity index (χ3n) is 3.54. The van der Waals surface area contributed by atoms with E-state index in [0.29, 0.717) is 22.0 Å².